The Labute approximate surface area is 113 Å². The number of ether oxygens (including phenoxy) is 1. The van der Waals surface area contributed by atoms with Gasteiger partial charge in [0.1, 0.15) is 0 Å². The van der Waals surface area contributed by atoms with Crippen LogP contribution in [0.3, 0.4) is 0 Å². The first-order valence-electron chi connectivity index (χ1n) is 6.64. The van der Waals surface area contributed by atoms with Gasteiger partial charge in [-0.3, -0.25) is 0 Å². The van der Waals surface area contributed by atoms with Gasteiger partial charge in [0.15, 0.2) is 0 Å². The molecule has 0 spiro atoms. The number of thiophene rings is 1. The van der Waals surface area contributed by atoms with E-state index in [1.807, 2.05) is 0 Å². The predicted octanol–water partition coefficient (Wildman–Crippen LogP) is 3.46. The topological polar surface area (TPSA) is 21.3 Å². The van der Waals surface area contributed by atoms with Crippen LogP contribution in [0.2, 0.25) is 0 Å². The van der Waals surface area contributed by atoms with E-state index in [2.05, 4.69) is 41.9 Å². The van der Waals surface area contributed by atoms with E-state index in [0.717, 1.165) is 32.7 Å². The third-order valence-corrected chi connectivity index (χ3v) is 3.80. The maximum absolute atomic E-state index is 5.62. The van der Waals surface area contributed by atoms with Crippen LogP contribution in [0.15, 0.2) is 29.6 Å². The molecule has 1 heterocycles. The highest BCUT2D eigenvalue weighted by molar-refractivity contribution is 7.17. The van der Waals surface area contributed by atoms with Gasteiger partial charge in [-0.25, -0.2) is 0 Å². The maximum Gasteiger partial charge on any atom is 0.0591 e. The number of nitrogens with one attached hydrogen (secondary N) is 1. The highest BCUT2D eigenvalue weighted by Gasteiger charge is 1.98. The summed E-state index contributed by atoms with van der Waals surface area (Å²) in [5, 5.41) is 6.82. The van der Waals surface area contributed by atoms with E-state index in [1.165, 1.54) is 22.1 Å². The zero-order chi connectivity index (χ0) is 12.6. The van der Waals surface area contributed by atoms with Crippen molar-refractivity contribution in [1.82, 2.24) is 5.32 Å². The molecule has 0 amide bonds. The molecule has 2 aromatic rings. The lowest BCUT2D eigenvalue weighted by Crippen LogP contribution is -2.20. The maximum atomic E-state index is 5.62. The van der Waals surface area contributed by atoms with Gasteiger partial charge in [-0.1, -0.05) is 19.1 Å². The first-order chi connectivity index (χ1) is 8.90. The van der Waals surface area contributed by atoms with Gasteiger partial charge in [0.2, 0.25) is 0 Å². The summed E-state index contributed by atoms with van der Waals surface area (Å²) in [7, 11) is 0. The molecule has 2 nitrogen and oxygen atoms in total. The number of rotatable bonds is 8. The lowest BCUT2D eigenvalue weighted by molar-refractivity contribution is 0.139. The van der Waals surface area contributed by atoms with Crippen molar-refractivity contribution in [3.05, 3.63) is 35.2 Å². The molecule has 0 unspecified atom stereocenters. The van der Waals surface area contributed by atoms with Gasteiger partial charge < -0.3 is 10.1 Å². The molecule has 1 aromatic carbocycles. The van der Waals surface area contributed by atoms with Crippen LogP contribution in [0.5, 0.6) is 0 Å². The van der Waals surface area contributed by atoms with Crippen LogP contribution >= 0.6 is 11.3 Å². The Morgan fingerprint density at radius 2 is 2.11 bits per heavy atom. The van der Waals surface area contributed by atoms with Crippen LogP contribution < -0.4 is 5.32 Å². The van der Waals surface area contributed by atoms with Crippen molar-refractivity contribution in [2.45, 2.75) is 19.8 Å². The molecule has 0 aliphatic heterocycles. The lowest BCUT2D eigenvalue weighted by Gasteiger charge is -2.05. The first-order valence-corrected chi connectivity index (χ1v) is 7.52. The fourth-order valence-corrected chi connectivity index (χ4v) is 2.68. The molecule has 18 heavy (non-hydrogen) atoms. The molecule has 0 saturated heterocycles. The van der Waals surface area contributed by atoms with Crippen molar-refractivity contribution in [1.29, 1.82) is 0 Å². The summed E-state index contributed by atoms with van der Waals surface area (Å²) in [6, 6.07) is 8.86. The Hall–Kier alpha value is -0.900. The molecule has 0 aliphatic rings. The molecule has 0 fully saturated rings. The molecular formula is C15H21NOS. The zero-order valence-electron chi connectivity index (χ0n) is 10.9. The fraction of sp³-hybridized carbons (Fsp3) is 0.467. The normalized spacial score (nSPS) is 11.2. The average molecular weight is 263 g/mol. The first kappa shape index (κ1) is 13.5. The Balaban J connectivity index is 1.67. The summed E-state index contributed by atoms with van der Waals surface area (Å²) in [6.07, 6.45) is 2.18. The Bertz CT molecular complexity index is 466. The van der Waals surface area contributed by atoms with Crippen LogP contribution in [-0.2, 0) is 11.2 Å². The molecule has 0 saturated carbocycles. The molecule has 1 N–H and O–H groups in total. The molecule has 1 aromatic heterocycles. The SMILES string of the molecule is CCCNCCOCCc1ccc2sccc2c1. The third kappa shape index (κ3) is 4.09. The van der Waals surface area contributed by atoms with Crippen molar-refractivity contribution >= 4 is 21.4 Å². The Kier molecular flexibility index (Phi) is 5.65. The molecule has 0 atom stereocenters. The minimum absolute atomic E-state index is 0.806. The third-order valence-electron chi connectivity index (χ3n) is 2.90. The van der Waals surface area contributed by atoms with Gasteiger partial charge in [-0.15, -0.1) is 11.3 Å². The summed E-state index contributed by atoms with van der Waals surface area (Å²) in [4.78, 5) is 0. The van der Waals surface area contributed by atoms with E-state index >= 15 is 0 Å². The number of hydrogen-bond acceptors (Lipinski definition) is 3. The molecule has 2 rings (SSSR count). The van der Waals surface area contributed by atoms with Crippen LogP contribution in [0.1, 0.15) is 18.9 Å². The second kappa shape index (κ2) is 7.52. The highest BCUT2D eigenvalue weighted by atomic mass is 32.1. The van der Waals surface area contributed by atoms with Crippen LogP contribution in [-0.4, -0.2) is 26.3 Å². The van der Waals surface area contributed by atoms with Gasteiger partial charge in [-0.05, 0) is 47.8 Å². The van der Waals surface area contributed by atoms with Crippen molar-refractivity contribution in [2.75, 3.05) is 26.3 Å². The number of hydrogen-bond donors (Lipinski definition) is 1. The summed E-state index contributed by atoms with van der Waals surface area (Å²) < 4.78 is 6.98. The largest absolute Gasteiger partial charge is 0.380 e. The fourth-order valence-electron chi connectivity index (χ4n) is 1.91. The summed E-state index contributed by atoms with van der Waals surface area (Å²) >= 11 is 1.80. The Morgan fingerprint density at radius 3 is 3.00 bits per heavy atom. The molecule has 98 valence electrons. The van der Waals surface area contributed by atoms with Crippen molar-refractivity contribution < 1.29 is 4.74 Å². The van der Waals surface area contributed by atoms with Gasteiger partial charge in [0.05, 0.1) is 13.2 Å². The molecule has 0 bridgehead atoms. The molecule has 3 heteroatoms. The van der Waals surface area contributed by atoms with Crippen molar-refractivity contribution in [3.63, 3.8) is 0 Å². The van der Waals surface area contributed by atoms with Crippen molar-refractivity contribution in [3.8, 4) is 0 Å². The van der Waals surface area contributed by atoms with E-state index in [0.29, 0.717) is 0 Å². The standard InChI is InChI=1S/C15H21NOS/c1-2-7-16-8-10-17-9-5-13-3-4-15-14(12-13)6-11-18-15/h3-4,6,11-12,16H,2,5,7-10H2,1H3. The predicted molar refractivity (Wildman–Crippen MR) is 79.5 cm³/mol. The van der Waals surface area contributed by atoms with Crippen LogP contribution in [0.4, 0.5) is 0 Å². The van der Waals surface area contributed by atoms with Gasteiger partial charge in [0.25, 0.3) is 0 Å². The van der Waals surface area contributed by atoms with Crippen LogP contribution in [0, 0.1) is 0 Å². The van der Waals surface area contributed by atoms with E-state index < -0.39 is 0 Å². The number of fused-ring (bicyclic) bond motifs is 1. The number of benzene rings is 1. The van der Waals surface area contributed by atoms with Gasteiger partial charge in [0, 0.05) is 11.2 Å². The molecular weight excluding hydrogens is 242 g/mol. The monoisotopic (exact) mass is 263 g/mol. The van der Waals surface area contributed by atoms with Crippen LogP contribution in [0.25, 0.3) is 10.1 Å². The summed E-state index contributed by atoms with van der Waals surface area (Å²) in [5.74, 6) is 0. The average Bonchev–Trinajstić information content (AvgIpc) is 2.85. The summed E-state index contributed by atoms with van der Waals surface area (Å²) in [6.45, 7) is 5.83. The Morgan fingerprint density at radius 1 is 1.17 bits per heavy atom. The highest BCUT2D eigenvalue weighted by Crippen LogP contribution is 2.21. The minimum Gasteiger partial charge on any atom is -0.380 e. The second-order valence-electron chi connectivity index (χ2n) is 4.41. The zero-order valence-corrected chi connectivity index (χ0v) is 11.8. The van der Waals surface area contributed by atoms with E-state index in [1.54, 1.807) is 11.3 Å². The molecule has 0 radical (unpaired) electrons. The quantitative estimate of drug-likeness (QED) is 0.736. The van der Waals surface area contributed by atoms with E-state index in [-0.39, 0.29) is 0 Å². The van der Waals surface area contributed by atoms with Gasteiger partial charge >= 0.3 is 0 Å². The second-order valence-corrected chi connectivity index (χ2v) is 5.35. The minimum atomic E-state index is 0.806. The van der Waals surface area contributed by atoms with Gasteiger partial charge in [-0.2, -0.15) is 0 Å². The summed E-state index contributed by atoms with van der Waals surface area (Å²) in [5.41, 5.74) is 1.36. The van der Waals surface area contributed by atoms with E-state index in [9.17, 15) is 0 Å². The van der Waals surface area contributed by atoms with E-state index in [4.69, 9.17) is 4.74 Å². The lowest BCUT2D eigenvalue weighted by atomic mass is 10.1. The smallest absolute Gasteiger partial charge is 0.0591 e. The molecule has 0 aliphatic carbocycles. The van der Waals surface area contributed by atoms with Crippen molar-refractivity contribution in [2.24, 2.45) is 0 Å².